The molecule has 1 atom stereocenters. The smallest absolute Gasteiger partial charge is 0.225 e. The number of carbonyl (C=O) groups excluding carboxylic acids is 2. The summed E-state index contributed by atoms with van der Waals surface area (Å²) >= 11 is 0. The highest BCUT2D eigenvalue weighted by Crippen LogP contribution is 2.30. The van der Waals surface area contributed by atoms with Crippen molar-refractivity contribution in [3.8, 4) is 5.75 Å². The monoisotopic (exact) mass is 302 g/mol. The lowest BCUT2D eigenvalue weighted by Gasteiger charge is -2.16. The molecule has 1 aliphatic carbocycles. The van der Waals surface area contributed by atoms with E-state index in [1.807, 2.05) is 35.2 Å². The zero-order valence-electron chi connectivity index (χ0n) is 12.7. The van der Waals surface area contributed by atoms with Crippen LogP contribution < -0.4 is 10.1 Å². The minimum Gasteiger partial charge on any atom is -0.494 e. The van der Waals surface area contributed by atoms with Crippen LogP contribution in [0.15, 0.2) is 30.3 Å². The quantitative estimate of drug-likeness (QED) is 0.780. The minimum atomic E-state index is -0.0179. The van der Waals surface area contributed by atoms with Crippen LogP contribution in [0.25, 0.3) is 0 Å². The van der Waals surface area contributed by atoms with Gasteiger partial charge in [0, 0.05) is 25.4 Å². The van der Waals surface area contributed by atoms with Crippen molar-refractivity contribution in [1.82, 2.24) is 10.2 Å². The molecule has 1 aliphatic heterocycles. The molecule has 1 unspecified atom stereocenters. The summed E-state index contributed by atoms with van der Waals surface area (Å²) in [7, 11) is 0. The minimum absolute atomic E-state index is 0.00658. The van der Waals surface area contributed by atoms with Gasteiger partial charge in [-0.25, -0.2) is 0 Å². The van der Waals surface area contributed by atoms with Crippen molar-refractivity contribution >= 4 is 11.8 Å². The van der Waals surface area contributed by atoms with Gasteiger partial charge in [-0.1, -0.05) is 18.2 Å². The van der Waals surface area contributed by atoms with E-state index in [0.29, 0.717) is 38.5 Å². The Kier molecular flexibility index (Phi) is 4.61. The van der Waals surface area contributed by atoms with Crippen LogP contribution in [0.1, 0.15) is 32.1 Å². The third-order valence-electron chi connectivity index (χ3n) is 4.07. The molecule has 1 saturated carbocycles. The lowest BCUT2D eigenvalue weighted by Crippen LogP contribution is -2.37. The second kappa shape index (κ2) is 6.81. The van der Waals surface area contributed by atoms with Gasteiger partial charge in [0.25, 0.3) is 0 Å². The number of amides is 2. The van der Waals surface area contributed by atoms with Crippen molar-refractivity contribution in [3.05, 3.63) is 30.3 Å². The Bertz CT molecular complexity index is 528. The number of ether oxygens (including phenoxy) is 1. The first-order valence-electron chi connectivity index (χ1n) is 7.99. The molecule has 5 nitrogen and oxygen atoms in total. The molecular weight excluding hydrogens is 280 g/mol. The summed E-state index contributed by atoms with van der Waals surface area (Å²) in [6.45, 7) is 1.20. The summed E-state index contributed by atoms with van der Waals surface area (Å²) < 4.78 is 5.56. The predicted molar refractivity (Wildman–Crippen MR) is 82.5 cm³/mol. The van der Waals surface area contributed by atoms with E-state index in [4.69, 9.17) is 4.74 Å². The summed E-state index contributed by atoms with van der Waals surface area (Å²) in [5, 5.41) is 2.96. The van der Waals surface area contributed by atoms with E-state index in [-0.39, 0.29) is 17.9 Å². The molecule has 2 fully saturated rings. The van der Waals surface area contributed by atoms with Gasteiger partial charge in [0.1, 0.15) is 5.75 Å². The largest absolute Gasteiger partial charge is 0.494 e. The van der Waals surface area contributed by atoms with Gasteiger partial charge in [-0.3, -0.25) is 9.59 Å². The van der Waals surface area contributed by atoms with Crippen LogP contribution in [-0.4, -0.2) is 41.9 Å². The topological polar surface area (TPSA) is 58.6 Å². The van der Waals surface area contributed by atoms with Crippen LogP contribution in [0.5, 0.6) is 5.75 Å². The van der Waals surface area contributed by atoms with Gasteiger partial charge < -0.3 is 15.0 Å². The molecule has 1 aromatic carbocycles. The van der Waals surface area contributed by atoms with Crippen molar-refractivity contribution in [3.63, 3.8) is 0 Å². The Balaban J connectivity index is 1.32. The number of hydrogen-bond acceptors (Lipinski definition) is 3. The van der Waals surface area contributed by atoms with Crippen LogP contribution >= 0.6 is 0 Å². The lowest BCUT2D eigenvalue weighted by molar-refractivity contribution is -0.128. The molecule has 2 amide bonds. The van der Waals surface area contributed by atoms with Crippen LogP contribution in [0, 0.1) is 0 Å². The summed E-state index contributed by atoms with van der Waals surface area (Å²) in [6, 6.07) is 10.0. The highest BCUT2D eigenvalue weighted by molar-refractivity contribution is 5.82. The Morgan fingerprint density at radius 2 is 2.05 bits per heavy atom. The highest BCUT2D eigenvalue weighted by Gasteiger charge is 2.39. The third kappa shape index (κ3) is 4.00. The Labute approximate surface area is 130 Å². The van der Waals surface area contributed by atoms with Gasteiger partial charge in [0.05, 0.1) is 12.6 Å². The molecule has 1 N–H and O–H groups in total. The van der Waals surface area contributed by atoms with E-state index < -0.39 is 0 Å². The maximum Gasteiger partial charge on any atom is 0.225 e. The van der Waals surface area contributed by atoms with Crippen molar-refractivity contribution in [2.45, 2.75) is 44.2 Å². The molecule has 1 saturated heterocycles. The molecule has 118 valence electrons. The first-order chi connectivity index (χ1) is 10.7. The number of likely N-dealkylation sites (tertiary alicyclic amines) is 1. The van der Waals surface area contributed by atoms with Crippen LogP contribution in [-0.2, 0) is 9.59 Å². The standard InChI is InChI=1S/C17H22N2O3/c20-16(7-4-10-22-15-5-2-1-3-6-15)18-13-11-17(21)19(12-13)14-8-9-14/h1-3,5-6,13-14H,4,7-12H2,(H,18,20). The number of hydrogen-bond donors (Lipinski definition) is 1. The molecule has 0 spiro atoms. The van der Waals surface area contributed by atoms with Gasteiger partial charge in [-0.05, 0) is 31.4 Å². The van der Waals surface area contributed by atoms with Crippen LogP contribution in [0.4, 0.5) is 0 Å². The fraction of sp³-hybridized carbons (Fsp3) is 0.529. The average Bonchev–Trinajstić information content (AvgIpc) is 3.29. The third-order valence-corrected chi connectivity index (χ3v) is 4.07. The molecule has 0 aromatic heterocycles. The molecule has 0 bridgehead atoms. The zero-order valence-corrected chi connectivity index (χ0v) is 12.7. The second-order valence-corrected chi connectivity index (χ2v) is 6.01. The number of benzene rings is 1. The maximum atomic E-state index is 11.9. The second-order valence-electron chi connectivity index (χ2n) is 6.01. The average molecular weight is 302 g/mol. The van der Waals surface area contributed by atoms with Crippen molar-refractivity contribution in [2.24, 2.45) is 0 Å². The summed E-state index contributed by atoms with van der Waals surface area (Å²) in [5.41, 5.74) is 0. The van der Waals surface area contributed by atoms with Crippen molar-refractivity contribution in [1.29, 1.82) is 0 Å². The lowest BCUT2D eigenvalue weighted by atomic mass is 10.2. The number of nitrogens with one attached hydrogen (secondary N) is 1. The Morgan fingerprint density at radius 1 is 1.27 bits per heavy atom. The van der Waals surface area contributed by atoms with Gasteiger partial charge in [0.15, 0.2) is 0 Å². The number of carbonyl (C=O) groups is 2. The van der Waals surface area contributed by atoms with Gasteiger partial charge in [0.2, 0.25) is 11.8 Å². The van der Waals surface area contributed by atoms with E-state index >= 15 is 0 Å². The van der Waals surface area contributed by atoms with Gasteiger partial charge in [-0.2, -0.15) is 0 Å². The van der Waals surface area contributed by atoms with E-state index in [1.165, 1.54) is 0 Å². The number of nitrogens with zero attached hydrogens (tertiary/aromatic N) is 1. The SMILES string of the molecule is O=C(CCCOc1ccccc1)NC1CC(=O)N(C2CC2)C1. The van der Waals surface area contributed by atoms with Crippen LogP contribution in [0.2, 0.25) is 0 Å². The summed E-state index contributed by atoms with van der Waals surface area (Å²) in [6.07, 6.45) is 3.78. The molecular formula is C17H22N2O3. The molecule has 22 heavy (non-hydrogen) atoms. The van der Waals surface area contributed by atoms with Crippen LogP contribution in [0.3, 0.4) is 0 Å². The molecule has 5 heteroatoms. The highest BCUT2D eigenvalue weighted by atomic mass is 16.5. The van der Waals surface area contributed by atoms with E-state index in [9.17, 15) is 9.59 Å². The number of rotatable bonds is 7. The van der Waals surface area contributed by atoms with E-state index in [2.05, 4.69) is 5.32 Å². The molecule has 1 heterocycles. The molecule has 2 aliphatic rings. The van der Waals surface area contributed by atoms with E-state index in [1.54, 1.807) is 0 Å². The van der Waals surface area contributed by atoms with E-state index in [0.717, 1.165) is 18.6 Å². The fourth-order valence-electron chi connectivity index (χ4n) is 2.81. The van der Waals surface area contributed by atoms with Crippen molar-refractivity contribution < 1.29 is 14.3 Å². The molecule has 3 rings (SSSR count). The zero-order chi connectivity index (χ0) is 15.4. The van der Waals surface area contributed by atoms with Gasteiger partial charge >= 0.3 is 0 Å². The first-order valence-corrected chi connectivity index (χ1v) is 7.99. The summed E-state index contributed by atoms with van der Waals surface area (Å²) in [4.78, 5) is 25.7. The normalized spacial score (nSPS) is 21.0. The fourth-order valence-corrected chi connectivity index (χ4v) is 2.81. The molecule has 0 radical (unpaired) electrons. The van der Waals surface area contributed by atoms with Gasteiger partial charge in [-0.15, -0.1) is 0 Å². The van der Waals surface area contributed by atoms with Crippen molar-refractivity contribution in [2.75, 3.05) is 13.2 Å². The Morgan fingerprint density at radius 3 is 2.77 bits per heavy atom. The Hall–Kier alpha value is -2.04. The predicted octanol–water partition coefficient (Wildman–Crippen LogP) is 1.73. The number of para-hydroxylation sites is 1. The maximum absolute atomic E-state index is 11.9. The first kappa shape index (κ1) is 14.9. The molecule has 1 aromatic rings. The summed E-state index contributed by atoms with van der Waals surface area (Å²) in [5.74, 6) is 1.01.